The van der Waals surface area contributed by atoms with Crippen molar-refractivity contribution in [1.82, 2.24) is 29.7 Å². The van der Waals surface area contributed by atoms with E-state index < -0.39 is 0 Å². The molecule has 0 saturated heterocycles. The van der Waals surface area contributed by atoms with Crippen molar-refractivity contribution < 1.29 is 4.74 Å². The number of nitrogen functional groups attached to an aromatic ring is 2. The van der Waals surface area contributed by atoms with Gasteiger partial charge in [0.2, 0.25) is 11.8 Å². The number of rotatable bonds is 3. The van der Waals surface area contributed by atoms with E-state index in [9.17, 15) is 0 Å². The van der Waals surface area contributed by atoms with E-state index in [-0.39, 0.29) is 5.95 Å². The second-order valence-corrected chi connectivity index (χ2v) is 5.23. The summed E-state index contributed by atoms with van der Waals surface area (Å²) in [5.74, 6) is 1.62. The lowest BCUT2D eigenvalue weighted by Gasteiger charge is -2.09. The fraction of sp³-hybridized carbons (Fsp3) is 0.0625. The Labute approximate surface area is 142 Å². The topological polar surface area (TPSA) is 131 Å². The molecule has 0 atom stereocenters. The number of fused-ring (bicyclic) bond motifs is 1. The summed E-state index contributed by atoms with van der Waals surface area (Å²) < 4.78 is 6.68. The summed E-state index contributed by atoms with van der Waals surface area (Å²) in [6.07, 6.45) is 3.09. The Balaban J connectivity index is 1.91. The van der Waals surface area contributed by atoms with Crippen LogP contribution in [0.25, 0.3) is 28.2 Å². The number of anilines is 2. The predicted molar refractivity (Wildman–Crippen MR) is 93.1 cm³/mol. The van der Waals surface area contributed by atoms with Crippen LogP contribution >= 0.6 is 0 Å². The Morgan fingerprint density at radius 2 is 1.96 bits per heavy atom. The van der Waals surface area contributed by atoms with Crippen molar-refractivity contribution in [2.75, 3.05) is 18.6 Å². The fourth-order valence-corrected chi connectivity index (χ4v) is 2.52. The van der Waals surface area contributed by atoms with Crippen molar-refractivity contribution in [2.24, 2.45) is 0 Å². The van der Waals surface area contributed by atoms with Crippen molar-refractivity contribution in [3.05, 3.63) is 42.9 Å². The Morgan fingerprint density at radius 3 is 2.72 bits per heavy atom. The van der Waals surface area contributed by atoms with E-state index in [0.717, 1.165) is 0 Å². The van der Waals surface area contributed by atoms with Gasteiger partial charge in [-0.1, -0.05) is 6.07 Å². The van der Waals surface area contributed by atoms with E-state index >= 15 is 0 Å². The van der Waals surface area contributed by atoms with Crippen molar-refractivity contribution in [3.8, 4) is 23.1 Å². The molecule has 1 aromatic carbocycles. The summed E-state index contributed by atoms with van der Waals surface area (Å²) in [6.45, 7) is 0. The molecule has 4 N–H and O–H groups in total. The van der Waals surface area contributed by atoms with E-state index in [4.69, 9.17) is 16.2 Å². The van der Waals surface area contributed by atoms with Gasteiger partial charge in [-0.2, -0.15) is 9.67 Å². The second-order valence-electron chi connectivity index (χ2n) is 5.23. The van der Waals surface area contributed by atoms with Gasteiger partial charge in [-0.3, -0.25) is 4.98 Å². The zero-order valence-electron chi connectivity index (χ0n) is 13.3. The Morgan fingerprint density at radius 1 is 1.08 bits per heavy atom. The third-order valence-electron chi connectivity index (χ3n) is 3.69. The molecule has 9 nitrogen and oxygen atoms in total. The number of aromatic nitrogens is 6. The van der Waals surface area contributed by atoms with E-state index in [1.807, 2.05) is 12.1 Å². The van der Waals surface area contributed by atoms with Gasteiger partial charge in [0, 0.05) is 17.6 Å². The average molecular weight is 334 g/mol. The zero-order valence-corrected chi connectivity index (χ0v) is 13.3. The van der Waals surface area contributed by atoms with Crippen molar-refractivity contribution in [3.63, 3.8) is 0 Å². The van der Waals surface area contributed by atoms with Crippen LogP contribution in [0, 0.1) is 0 Å². The van der Waals surface area contributed by atoms with E-state index in [1.54, 1.807) is 31.5 Å². The second kappa shape index (κ2) is 5.71. The standard InChI is InChI=1S/C16H14N8O/c1-25-13-7-12-9(6-10(13)17)15(21-8-20-12)24-16(18)22-14(23-24)11-4-2-3-5-19-11/h2-8H,17H2,1H3,(H2,18,22,23). The van der Waals surface area contributed by atoms with Crippen molar-refractivity contribution in [1.29, 1.82) is 0 Å². The van der Waals surface area contributed by atoms with Crippen LogP contribution < -0.4 is 16.2 Å². The van der Waals surface area contributed by atoms with Crippen LogP contribution in [0.5, 0.6) is 5.75 Å². The SMILES string of the molecule is COc1cc2ncnc(-n3nc(-c4ccccn4)nc3N)c2cc1N. The van der Waals surface area contributed by atoms with Crippen LogP contribution in [0.4, 0.5) is 11.6 Å². The maximum absolute atomic E-state index is 6.04. The molecule has 3 heterocycles. The Bertz CT molecular complexity index is 1060. The lowest BCUT2D eigenvalue weighted by Crippen LogP contribution is -2.06. The van der Waals surface area contributed by atoms with Crippen LogP contribution in [-0.4, -0.2) is 36.8 Å². The first kappa shape index (κ1) is 14.8. The molecule has 0 saturated carbocycles. The smallest absolute Gasteiger partial charge is 0.225 e. The van der Waals surface area contributed by atoms with Gasteiger partial charge in [0.05, 0.1) is 18.3 Å². The number of nitrogens with zero attached hydrogens (tertiary/aromatic N) is 6. The molecular weight excluding hydrogens is 320 g/mol. The molecule has 25 heavy (non-hydrogen) atoms. The summed E-state index contributed by atoms with van der Waals surface area (Å²) >= 11 is 0. The first-order valence-electron chi connectivity index (χ1n) is 7.40. The maximum atomic E-state index is 6.04. The lowest BCUT2D eigenvalue weighted by molar-refractivity contribution is 0.417. The monoisotopic (exact) mass is 334 g/mol. The first-order valence-corrected chi connectivity index (χ1v) is 7.40. The molecule has 4 rings (SSSR count). The van der Waals surface area contributed by atoms with Gasteiger partial charge in [-0.25, -0.2) is 9.97 Å². The third kappa shape index (κ3) is 2.47. The summed E-state index contributed by atoms with van der Waals surface area (Å²) in [5.41, 5.74) is 13.8. The minimum absolute atomic E-state index is 0.190. The van der Waals surface area contributed by atoms with Gasteiger partial charge in [0.1, 0.15) is 17.8 Å². The molecule has 0 unspecified atom stereocenters. The molecule has 0 aliphatic carbocycles. The first-order chi connectivity index (χ1) is 12.2. The molecule has 0 fully saturated rings. The zero-order chi connectivity index (χ0) is 17.4. The number of ether oxygens (including phenoxy) is 1. The summed E-state index contributed by atoms with van der Waals surface area (Å²) in [7, 11) is 1.55. The van der Waals surface area contributed by atoms with Crippen molar-refractivity contribution in [2.45, 2.75) is 0 Å². The predicted octanol–water partition coefficient (Wildman–Crippen LogP) is 1.45. The highest BCUT2D eigenvalue weighted by atomic mass is 16.5. The average Bonchev–Trinajstić information content (AvgIpc) is 3.03. The van der Waals surface area contributed by atoms with Gasteiger partial charge >= 0.3 is 0 Å². The van der Waals surface area contributed by atoms with Crippen LogP contribution in [0.1, 0.15) is 0 Å². The summed E-state index contributed by atoms with van der Waals surface area (Å²) in [5, 5.41) is 5.11. The largest absolute Gasteiger partial charge is 0.495 e. The third-order valence-corrected chi connectivity index (χ3v) is 3.69. The van der Waals surface area contributed by atoms with E-state index in [0.29, 0.717) is 39.7 Å². The molecule has 0 bridgehead atoms. The molecule has 0 aliphatic rings. The summed E-state index contributed by atoms with van der Waals surface area (Å²) in [6, 6.07) is 8.94. The Kier molecular flexibility index (Phi) is 3.38. The van der Waals surface area contributed by atoms with Gasteiger partial charge < -0.3 is 16.2 Å². The fourth-order valence-electron chi connectivity index (χ4n) is 2.52. The number of benzene rings is 1. The molecular formula is C16H14N8O. The Hall–Kier alpha value is -3.75. The number of hydrogen-bond acceptors (Lipinski definition) is 8. The van der Waals surface area contributed by atoms with Crippen LogP contribution in [0.2, 0.25) is 0 Å². The highest BCUT2D eigenvalue weighted by molar-refractivity contribution is 5.90. The molecule has 4 aromatic rings. The highest BCUT2D eigenvalue weighted by Crippen LogP contribution is 2.30. The van der Waals surface area contributed by atoms with Crippen LogP contribution in [-0.2, 0) is 0 Å². The molecule has 3 aromatic heterocycles. The van der Waals surface area contributed by atoms with Crippen LogP contribution in [0.15, 0.2) is 42.9 Å². The van der Waals surface area contributed by atoms with Gasteiger partial charge in [0.25, 0.3) is 0 Å². The molecule has 0 radical (unpaired) electrons. The van der Waals surface area contributed by atoms with E-state index in [2.05, 4.69) is 25.0 Å². The summed E-state index contributed by atoms with van der Waals surface area (Å²) in [4.78, 5) is 17.0. The van der Waals surface area contributed by atoms with E-state index in [1.165, 1.54) is 11.0 Å². The van der Waals surface area contributed by atoms with Gasteiger partial charge in [-0.15, -0.1) is 5.10 Å². The number of pyridine rings is 1. The van der Waals surface area contributed by atoms with Gasteiger partial charge in [0.15, 0.2) is 5.82 Å². The number of nitrogens with two attached hydrogens (primary N) is 2. The maximum Gasteiger partial charge on any atom is 0.225 e. The molecule has 124 valence electrons. The number of hydrogen-bond donors (Lipinski definition) is 2. The normalized spacial score (nSPS) is 10.9. The number of methoxy groups -OCH3 is 1. The lowest BCUT2D eigenvalue weighted by atomic mass is 10.2. The molecule has 9 heteroatoms. The quantitative estimate of drug-likeness (QED) is 0.538. The van der Waals surface area contributed by atoms with Crippen molar-refractivity contribution >= 4 is 22.5 Å². The highest BCUT2D eigenvalue weighted by Gasteiger charge is 2.16. The van der Waals surface area contributed by atoms with Crippen LogP contribution in [0.3, 0.4) is 0 Å². The molecule has 0 aliphatic heterocycles. The minimum Gasteiger partial charge on any atom is -0.495 e. The molecule has 0 amide bonds. The molecule has 0 spiro atoms. The minimum atomic E-state index is 0.190. The van der Waals surface area contributed by atoms with Gasteiger partial charge in [-0.05, 0) is 18.2 Å².